The number of halogens is 3. The summed E-state index contributed by atoms with van der Waals surface area (Å²) in [4.78, 5) is 10.9. The van der Waals surface area contributed by atoms with Crippen molar-refractivity contribution in [2.45, 2.75) is 19.3 Å². The molecule has 0 bridgehead atoms. The molecule has 2 nitrogen and oxygen atoms in total. The Balaban J connectivity index is 3.38. The second kappa shape index (κ2) is 3.77. The van der Waals surface area contributed by atoms with Crippen molar-refractivity contribution in [2.24, 2.45) is 0 Å². The predicted molar refractivity (Wildman–Crippen MR) is 52.0 cm³/mol. The highest BCUT2D eigenvalue weighted by Crippen LogP contribution is 2.31. The quantitative estimate of drug-likeness (QED) is 0.799. The molecule has 0 saturated heterocycles. The Bertz CT molecular complexity index is 416. The van der Waals surface area contributed by atoms with Crippen molar-refractivity contribution in [3.05, 3.63) is 34.4 Å². The summed E-state index contributed by atoms with van der Waals surface area (Å²) in [7, 11) is 0. The lowest BCUT2D eigenvalue weighted by atomic mass is 9.84. The molecule has 0 spiro atoms. The van der Waals surface area contributed by atoms with Gasteiger partial charge in [0.25, 0.3) is 0 Å². The van der Waals surface area contributed by atoms with Gasteiger partial charge >= 0.3 is 5.97 Å². The first-order chi connectivity index (χ1) is 6.76. The van der Waals surface area contributed by atoms with Crippen LogP contribution in [0, 0.1) is 11.6 Å². The molecular weight excluding hydrogens is 226 g/mol. The molecule has 0 aliphatic rings. The summed E-state index contributed by atoms with van der Waals surface area (Å²) < 4.78 is 25.7. The van der Waals surface area contributed by atoms with Gasteiger partial charge in [-0.15, -0.1) is 0 Å². The molecule has 15 heavy (non-hydrogen) atoms. The van der Waals surface area contributed by atoms with E-state index < -0.39 is 23.0 Å². The van der Waals surface area contributed by atoms with Gasteiger partial charge in [0, 0.05) is 5.02 Å². The fraction of sp³-hybridized carbons (Fsp3) is 0.300. The summed E-state index contributed by atoms with van der Waals surface area (Å²) in [6.07, 6.45) is 0. The molecule has 0 amide bonds. The van der Waals surface area contributed by atoms with Crippen LogP contribution in [-0.4, -0.2) is 11.1 Å². The van der Waals surface area contributed by atoms with E-state index in [0.717, 1.165) is 12.1 Å². The Hall–Kier alpha value is -1.16. The first kappa shape index (κ1) is 11.9. The average molecular weight is 235 g/mol. The summed E-state index contributed by atoms with van der Waals surface area (Å²) in [5.74, 6) is -3.36. The van der Waals surface area contributed by atoms with Crippen LogP contribution in [0.3, 0.4) is 0 Å². The first-order valence-corrected chi connectivity index (χ1v) is 4.53. The van der Waals surface area contributed by atoms with E-state index in [1.165, 1.54) is 13.8 Å². The number of carbonyl (C=O) groups is 1. The molecule has 1 N–H and O–H groups in total. The van der Waals surface area contributed by atoms with Crippen LogP contribution >= 0.6 is 11.6 Å². The molecule has 0 unspecified atom stereocenters. The Kier molecular flexibility index (Phi) is 3.00. The second-order valence-corrected chi connectivity index (χ2v) is 4.08. The predicted octanol–water partition coefficient (Wildman–Crippen LogP) is 2.98. The number of hydrogen-bond donors (Lipinski definition) is 1. The Morgan fingerprint density at radius 3 is 2.27 bits per heavy atom. The number of benzene rings is 1. The van der Waals surface area contributed by atoms with Crippen LogP contribution in [0.2, 0.25) is 5.02 Å². The number of carboxylic acids is 1. The van der Waals surface area contributed by atoms with Gasteiger partial charge < -0.3 is 5.11 Å². The van der Waals surface area contributed by atoms with Crippen molar-refractivity contribution in [3.63, 3.8) is 0 Å². The normalized spacial score (nSPS) is 11.5. The topological polar surface area (TPSA) is 37.3 Å². The third kappa shape index (κ3) is 2.09. The van der Waals surface area contributed by atoms with Crippen molar-refractivity contribution in [1.82, 2.24) is 0 Å². The molecule has 0 atom stereocenters. The highest BCUT2D eigenvalue weighted by Gasteiger charge is 2.32. The number of aliphatic carboxylic acids is 1. The van der Waals surface area contributed by atoms with Gasteiger partial charge in [0.2, 0.25) is 0 Å². The van der Waals surface area contributed by atoms with Crippen LogP contribution in [0.15, 0.2) is 12.1 Å². The highest BCUT2D eigenvalue weighted by atomic mass is 35.5. The minimum atomic E-state index is -1.36. The van der Waals surface area contributed by atoms with Crippen LogP contribution in [0.25, 0.3) is 0 Å². The van der Waals surface area contributed by atoms with Gasteiger partial charge in [0.05, 0.1) is 5.41 Å². The molecule has 0 aliphatic carbocycles. The second-order valence-electron chi connectivity index (χ2n) is 3.68. The average Bonchev–Trinajstić information content (AvgIpc) is 2.10. The SMILES string of the molecule is CC(C)(C(=O)O)c1cc(F)c(F)cc1Cl. The lowest BCUT2D eigenvalue weighted by Crippen LogP contribution is -2.29. The molecule has 82 valence electrons. The zero-order valence-corrected chi connectivity index (χ0v) is 8.90. The highest BCUT2D eigenvalue weighted by molar-refractivity contribution is 6.31. The Morgan fingerprint density at radius 2 is 1.80 bits per heavy atom. The summed E-state index contributed by atoms with van der Waals surface area (Å²) in [6.45, 7) is 2.74. The van der Waals surface area contributed by atoms with Crippen LogP contribution in [0.5, 0.6) is 0 Å². The van der Waals surface area contributed by atoms with E-state index in [-0.39, 0.29) is 10.6 Å². The summed E-state index contributed by atoms with van der Waals surface area (Å²) in [5.41, 5.74) is -1.30. The molecule has 0 fully saturated rings. The molecule has 1 rings (SSSR count). The van der Waals surface area contributed by atoms with Crippen molar-refractivity contribution in [2.75, 3.05) is 0 Å². The van der Waals surface area contributed by atoms with E-state index in [4.69, 9.17) is 16.7 Å². The van der Waals surface area contributed by atoms with Gasteiger partial charge in [0.1, 0.15) is 0 Å². The molecule has 1 aromatic rings. The number of hydrogen-bond acceptors (Lipinski definition) is 1. The van der Waals surface area contributed by atoms with E-state index in [1.807, 2.05) is 0 Å². The molecule has 0 heterocycles. The van der Waals surface area contributed by atoms with Crippen molar-refractivity contribution in [3.8, 4) is 0 Å². The maximum atomic E-state index is 12.9. The van der Waals surface area contributed by atoms with E-state index in [9.17, 15) is 13.6 Å². The fourth-order valence-electron chi connectivity index (χ4n) is 1.12. The lowest BCUT2D eigenvalue weighted by Gasteiger charge is -2.21. The van der Waals surface area contributed by atoms with Crippen LogP contribution in [0.1, 0.15) is 19.4 Å². The minimum Gasteiger partial charge on any atom is -0.481 e. The molecule has 0 aliphatic heterocycles. The summed E-state index contributed by atoms with van der Waals surface area (Å²) >= 11 is 5.66. The van der Waals surface area contributed by atoms with E-state index in [1.54, 1.807) is 0 Å². The fourth-order valence-corrected chi connectivity index (χ4v) is 1.50. The first-order valence-electron chi connectivity index (χ1n) is 4.15. The Morgan fingerprint density at radius 1 is 1.33 bits per heavy atom. The van der Waals surface area contributed by atoms with Crippen molar-refractivity contribution >= 4 is 17.6 Å². The van der Waals surface area contributed by atoms with Crippen LogP contribution < -0.4 is 0 Å². The van der Waals surface area contributed by atoms with Crippen LogP contribution in [-0.2, 0) is 10.2 Å². The van der Waals surface area contributed by atoms with Gasteiger partial charge in [0.15, 0.2) is 11.6 Å². The van der Waals surface area contributed by atoms with Gasteiger partial charge in [-0.25, -0.2) is 8.78 Å². The van der Waals surface area contributed by atoms with Gasteiger partial charge in [-0.2, -0.15) is 0 Å². The van der Waals surface area contributed by atoms with Gasteiger partial charge in [-0.05, 0) is 31.5 Å². The largest absolute Gasteiger partial charge is 0.481 e. The number of carboxylic acid groups (broad SMARTS) is 1. The van der Waals surface area contributed by atoms with E-state index in [2.05, 4.69) is 0 Å². The Labute approximate surface area is 90.5 Å². The third-order valence-corrected chi connectivity index (χ3v) is 2.53. The lowest BCUT2D eigenvalue weighted by molar-refractivity contribution is -0.142. The molecule has 0 aromatic heterocycles. The molecular formula is C10H9ClF2O2. The molecule has 0 radical (unpaired) electrons. The molecule has 5 heteroatoms. The number of rotatable bonds is 2. The van der Waals surface area contributed by atoms with Gasteiger partial charge in [-0.3, -0.25) is 4.79 Å². The standard InChI is InChI=1S/C10H9ClF2O2/c1-10(2,9(14)15)5-3-7(12)8(13)4-6(5)11/h3-4H,1-2H3,(H,14,15). The molecule has 0 saturated carbocycles. The zero-order valence-electron chi connectivity index (χ0n) is 8.14. The van der Waals surface area contributed by atoms with Crippen LogP contribution in [0.4, 0.5) is 8.78 Å². The molecule has 1 aromatic carbocycles. The maximum Gasteiger partial charge on any atom is 0.313 e. The van der Waals surface area contributed by atoms with E-state index in [0.29, 0.717) is 0 Å². The monoisotopic (exact) mass is 234 g/mol. The van der Waals surface area contributed by atoms with E-state index >= 15 is 0 Å². The van der Waals surface area contributed by atoms with Gasteiger partial charge in [-0.1, -0.05) is 11.6 Å². The summed E-state index contributed by atoms with van der Waals surface area (Å²) in [6, 6.07) is 1.59. The summed E-state index contributed by atoms with van der Waals surface area (Å²) in [5, 5.41) is 8.81. The minimum absolute atomic E-state index is 0.0515. The third-order valence-electron chi connectivity index (χ3n) is 2.22. The van der Waals surface area contributed by atoms with Crippen molar-refractivity contribution in [1.29, 1.82) is 0 Å². The zero-order chi connectivity index (χ0) is 11.8. The maximum absolute atomic E-state index is 12.9. The smallest absolute Gasteiger partial charge is 0.313 e. The van der Waals surface area contributed by atoms with Crippen molar-refractivity contribution < 1.29 is 18.7 Å².